The summed E-state index contributed by atoms with van der Waals surface area (Å²) >= 11 is 0. The highest BCUT2D eigenvalue weighted by molar-refractivity contribution is 7.89. The standard InChI is InChI=1S/C18H20FN3O4S/c1-12(2)26-14-4-6-15(7-5-14)27(24,25)20-9-10-22-17-8-3-13(19)11-16(17)21-18(22)23/h3-8,11-12,20H,9-10H2,1-2H3,(H,21,23). The van der Waals surface area contributed by atoms with Gasteiger partial charge in [-0.25, -0.2) is 22.3 Å². The Balaban J connectivity index is 1.69. The third-order valence-corrected chi connectivity index (χ3v) is 5.35. The molecule has 0 amide bonds. The van der Waals surface area contributed by atoms with Crippen LogP contribution >= 0.6 is 0 Å². The first-order valence-electron chi connectivity index (χ1n) is 8.41. The summed E-state index contributed by atoms with van der Waals surface area (Å²) in [4.78, 5) is 14.6. The molecule has 1 aromatic heterocycles. The van der Waals surface area contributed by atoms with Crippen molar-refractivity contribution in [2.24, 2.45) is 0 Å². The largest absolute Gasteiger partial charge is 0.491 e. The normalized spacial score (nSPS) is 12.0. The van der Waals surface area contributed by atoms with Crippen molar-refractivity contribution in [3.05, 3.63) is 58.8 Å². The SMILES string of the molecule is CC(C)Oc1ccc(S(=O)(=O)NCCn2c(=O)[nH]c3cc(F)ccc32)cc1. The Labute approximate surface area is 155 Å². The zero-order chi connectivity index (χ0) is 19.6. The molecule has 0 radical (unpaired) electrons. The maximum Gasteiger partial charge on any atom is 0.326 e. The van der Waals surface area contributed by atoms with Crippen molar-refractivity contribution in [2.75, 3.05) is 6.54 Å². The monoisotopic (exact) mass is 393 g/mol. The first kappa shape index (κ1) is 19.1. The van der Waals surface area contributed by atoms with Crippen LogP contribution in [0.2, 0.25) is 0 Å². The Bertz CT molecular complexity index is 1100. The van der Waals surface area contributed by atoms with Gasteiger partial charge in [0.25, 0.3) is 0 Å². The maximum absolute atomic E-state index is 13.2. The molecule has 0 bridgehead atoms. The van der Waals surface area contributed by atoms with Crippen LogP contribution in [-0.2, 0) is 16.6 Å². The van der Waals surface area contributed by atoms with Gasteiger partial charge in [0.2, 0.25) is 10.0 Å². The molecule has 0 saturated heterocycles. The van der Waals surface area contributed by atoms with Gasteiger partial charge in [-0.3, -0.25) is 4.57 Å². The van der Waals surface area contributed by atoms with E-state index in [9.17, 15) is 17.6 Å². The Morgan fingerprint density at radius 1 is 1.19 bits per heavy atom. The molecule has 0 saturated carbocycles. The molecule has 144 valence electrons. The van der Waals surface area contributed by atoms with Gasteiger partial charge < -0.3 is 9.72 Å². The van der Waals surface area contributed by atoms with Gasteiger partial charge in [0.15, 0.2) is 0 Å². The molecule has 0 atom stereocenters. The summed E-state index contributed by atoms with van der Waals surface area (Å²) in [5.41, 5.74) is 0.448. The Morgan fingerprint density at radius 3 is 2.56 bits per heavy atom. The molecule has 0 aliphatic rings. The number of benzene rings is 2. The highest BCUT2D eigenvalue weighted by Crippen LogP contribution is 2.17. The summed E-state index contributed by atoms with van der Waals surface area (Å²) in [6.07, 6.45) is -0.00598. The fraction of sp³-hybridized carbons (Fsp3) is 0.278. The minimum atomic E-state index is -3.72. The van der Waals surface area contributed by atoms with Crippen molar-refractivity contribution in [3.8, 4) is 5.75 Å². The molecule has 2 N–H and O–H groups in total. The number of rotatable bonds is 7. The molecular weight excluding hydrogens is 373 g/mol. The van der Waals surface area contributed by atoms with Crippen molar-refractivity contribution in [3.63, 3.8) is 0 Å². The average molecular weight is 393 g/mol. The molecule has 2 aromatic carbocycles. The quantitative estimate of drug-likeness (QED) is 0.644. The number of ether oxygens (including phenoxy) is 1. The third-order valence-electron chi connectivity index (χ3n) is 3.87. The molecule has 0 unspecified atom stereocenters. The molecule has 0 fully saturated rings. The van der Waals surface area contributed by atoms with Crippen molar-refractivity contribution < 1.29 is 17.5 Å². The number of imidazole rings is 1. The van der Waals surface area contributed by atoms with Crippen LogP contribution in [0.3, 0.4) is 0 Å². The number of sulfonamides is 1. The average Bonchev–Trinajstić information content (AvgIpc) is 2.89. The number of aromatic amines is 1. The second-order valence-electron chi connectivity index (χ2n) is 6.28. The second kappa shape index (κ2) is 7.53. The van der Waals surface area contributed by atoms with E-state index in [2.05, 4.69) is 9.71 Å². The van der Waals surface area contributed by atoms with E-state index >= 15 is 0 Å². The first-order chi connectivity index (χ1) is 12.8. The predicted octanol–water partition coefficient (Wildman–Crippen LogP) is 2.23. The van der Waals surface area contributed by atoms with Gasteiger partial charge in [-0.15, -0.1) is 0 Å². The van der Waals surface area contributed by atoms with Crippen LogP contribution in [0.1, 0.15) is 13.8 Å². The van der Waals surface area contributed by atoms with Crippen molar-refractivity contribution in [1.82, 2.24) is 14.3 Å². The van der Waals surface area contributed by atoms with E-state index in [1.54, 1.807) is 12.1 Å². The molecule has 0 aliphatic carbocycles. The summed E-state index contributed by atoms with van der Waals surface area (Å²) in [6.45, 7) is 3.88. The summed E-state index contributed by atoms with van der Waals surface area (Å²) < 4.78 is 47.3. The number of aromatic nitrogens is 2. The zero-order valence-corrected chi connectivity index (χ0v) is 15.7. The van der Waals surface area contributed by atoms with E-state index in [-0.39, 0.29) is 24.1 Å². The summed E-state index contributed by atoms with van der Waals surface area (Å²) in [5, 5.41) is 0. The topological polar surface area (TPSA) is 93.2 Å². The predicted molar refractivity (Wildman–Crippen MR) is 99.9 cm³/mol. The van der Waals surface area contributed by atoms with Gasteiger partial charge in [0.1, 0.15) is 11.6 Å². The van der Waals surface area contributed by atoms with E-state index in [4.69, 9.17) is 4.74 Å². The lowest BCUT2D eigenvalue weighted by molar-refractivity contribution is 0.242. The summed E-state index contributed by atoms with van der Waals surface area (Å²) in [6, 6.07) is 10.0. The van der Waals surface area contributed by atoms with Gasteiger partial charge in [0, 0.05) is 13.1 Å². The Kier molecular flexibility index (Phi) is 5.33. The number of fused-ring (bicyclic) bond motifs is 1. The van der Waals surface area contributed by atoms with Crippen molar-refractivity contribution in [1.29, 1.82) is 0 Å². The highest BCUT2D eigenvalue weighted by atomic mass is 32.2. The lowest BCUT2D eigenvalue weighted by atomic mass is 10.3. The van der Waals surface area contributed by atoms with Crippen molar-refractivity contribution >= 4 is 21.1 Å². The van der Waals surface area contributed by atoms with E-state index in [1.165, 1.54) is 34.9 Å². The van der Waals surface area contributed by atoms with Gasteiger partial charge in [-0.2, -0.15) is 0 Å². The second-order valence-corrected chi connectivity index (χ2v) is 8.05. The summed E-state index contributed by atoms with van der Waals surface area (Å²) in [7, 11) is -3.72. The van der Waals surface area contributed by atoms with Gasteiger partial charge >= 0.3 is 5.69 Å². The van der Waals surface area contributed by atoms with Gasteiger partial charge in [0.05, 0.1) is 22.0 Å². The maximum atomic E-state index is 13.2. The van der Waals surface area contributed by atoms with E-state index in [1.807, 2.05) is 13.8 Å². The number of nitrogens with one attached hydrogen (secondary N) is 2. The van der Waals surface area contributed by atoms with E-state index < -0.39 is 21.5 Å². The smallest absolute Gasteiger partial charge is 0.326 e. The molecule has 0 spiro atoms. The molecular formula is C18H20FN3O4S. The molecule has 3 rings (SSSR count). The van der Waals surface area contributed by atoms with E-state index in [0.717, 1.165) is 0 Å². The summed E-state index contributed by atoms with van der Waals surface area (Å²) in [5.74, 6) is 0.128. The van der Waals surface area contributed by atoms with Crippen LogP contribution in [0, 0.1) is 5.82 Å². The number of nitrogens with zero attached hydrogens (tertiary/aromatic N) is 1. The van der Waals surface area contributed by atoms with Crippen LogP contribution in [0.4, 0.5) is 4.39 Å². The van der Waals surface area contributed by atoms with Crippen LogP contribution in [0.25, 0.3) is 11.0 Å². The number of hydrogen-bond acceptors (Lipinski definition) is 4. The number of H-pyrrole nitrogens is 1. The van der Waals surface area contributed by atoms with Gasteiger partial charge in [-0.1, -0.05) is 0 Å². The zero-order valence-electron chi connectivity index (χ0n) is 14.9. The fourth-order valence-electron chi connectivity index (χ4n) is 2.70. The Morgan fingerprint density at radius 2 is 1.89 bits per heavy atom. The molecule has 0 aliphatic heterocycles. The minimum Gasteiger partial charge on any atom is -0.491 e. The minimum absolute atomic E-state index is 0.00598. The van der Waals surface area contributed by atoms with Crippen molar-refractivity contribution in [2.45, 2.75) is 31.4 Å². The third kappa shape index (κ3) is 4.37. The first-order valence-corrected chi connectivity index (χ1v) is 9.89. The van der Waals surface area contributed by atoms with Crippen LogP contribution < -0.4 is 15.1 Å². The van der Waals surface area contributed by atoms with E-state index in [0.29, 0.717) is 16.8 Å². The number of halogens is 1. The lowest BCUT2D eigenvalue weighted by Crippen LogP contribution is -2.30. The number of hydrogen-bond donors (Lipinski definition) is 2. The molecule has 27 heavy (non-hydrogen) atoms. The lowest BCUT2D eigenvalue weighted by Gasteiger charge is -2.11. The highest BCUT2D eigenvalue weighted by Gasteiger charge is 2.15. The van der Waals surface area contributed by atoms with Crippen LogP contribution in [-0.4, -0.2) is 30.6 Å². The molecule has 3 aromatic rings. The molecule has 1 heterocycles. The fourth-order valence-corrected chi connectivity index (χ4v) is 3.72. The van der Waals surface area contributed by atoms with Gasteiger partial charge in [-0.05, 0) is 56.3 Å². The molecule has 9 heteroatoms. The molecule has 7 nitrogen and oxygen atoms in total. The Hall–Kier alpha value is -2.65. The van der Waals surface area contributed by atoms with Crippen LogP contribution in [0.5, 0.6) is 5.75 Å². The van der Waals surface area contributed by atoms with Crippen LogP contribution in [0.15, 0.2) is 52.2 Å².